The Morgan fingerprint density at radius 2 is 1.65 bits per heavy atom. The summed E-state index contributed by atoms with van der Waals surface area (Å²) in [6.45, 7) is 4.72. The van der Waals surface area contributed by atoms with Gasteiger partial charge in [0.1, 0.15) is 0 Å². The smallest absolute Gasteiger partial charge is 0.230 e. The molecule has 140 valence electrons. The number of piperidine rings is 1. The molecule has 0 aromatic heterocycles. The molecule has 1 aromatic rings. The Morgan fingerprint density at radius 3 is 2.42 bits per heavy atom. The van der Waals surface area contributed by atoms with E-state index in [4.69, 9.17) is 0 Å². The van der Waals surface area contributed by atoms with E-state index in [1.807, 2.05) is 28.0 Å². The molecule has 0 spiro atoms. The van der Waals surface area contributed by atoms with Crippen LogP contribution in [-0.4, -0.2) is 36.3 Å². The predicted molar refractivity (Wildman–Crippen MR) is 103 cm³/mol. The number of fused-ring (bicyclic) bond motifs is 1. The first-order valence-electron chi connectivity index (χ1n) is 10.3. The zero-order chi connectivity index (χ0) is 18.1. The van der Waals surface area contributed by atoms with Gasteiger partial charge >= 0.3 is 0 Å². The van der Waals surface area contributed by atoms with Gasteiger partial charge in [-0.3, -0.25) is 9.59 Å². The zero-order valence-corrected chi connectivity index (χ0v) is 15.8. The minimum absolute atomic E-state index is 0.116. The highest BCUT2D eigenvalue weighted by Crippen LogP contribution is 2.37. The number of likely N-dealkylation sites (tertiary alicyclic amines) is 1. The first-order valence-corrected chi connectivity index (χ1v) is 10.3. The number of rotatable bonds is 2. The third-order valence-electron chi connectivity index (χ3n) is 6.52. The summed E-state index contributed by atoms with van der Waals surface area (Å²) in [5.41, 5.74) is 2.31. The number of hydrogen-bond acceptors (Lipinski definition) is 2. The maximum Gasteiger partial charge on any atom is 0.230 e. The van der Waals surface area contributed by atoms with E-state index in [1.165, 1.54) is 12.0 Å². The van der Waals surface area contributed by atoms with Gasteiger partial charge in [0.25, 0.3) is 0 Å². The highest BCUT2D eigenvalue weighted by atomic mass is 16.2. The largest absolute Gasteiger partial charge is 0.342 e. The molecule has 0 unspecified atom stereocenters. The van der Waals surface area contributed by atoms with Crippen molar-refractivity contribution in [3.63, 3.8) is 0 Å². The monoisotopic (exact) mass is 354 g/mol. The van der Waals surface area contributed by atoms with E-state index < -0.39 is 0 Å². The average Bonchev–Trinajstić information content (AvgIpc) is 3.11. The van der Waals surface area contributed by atoms with E-state index in [0.717, 1.165) is 63.8 Å². The van der Waals surface area contributed by atoms with Crippen LogP contribution >= 0.6 is 0 Å². The summed E-state index contributed by atoms with van der Waals surface area (Å²) in [7, 11) is 0. The van der Waals surface area contributed by atoms with Crippen LogP contribution in [0.1, 0.15) is 51.0 Å². The first-order chi connectivity index (χ1) is 12.6. The van der Waals surface area contributed by atoms with Gasteiger partial charge in [-0.1, -0.05) is 38.0 Å². The molecule has 2 amide bonds. The quantitative estimate of drug-likeness (QED) is 0.813. The third-order valence-corrected chi connectivity index (χ3v) is 6.52. The number of benzene rings is 1. The van der Waals surface area contributed by atoms with Crippen LogP contribution in [0.25, 0.3) is 0 Å². The lowest BCUT2D eigenvalue weighted by Crippen LogP contribution is -2.48. The van der Waals surface area contributed by atoms with Crippen LogP contribution in [0.2, 0.25) is 0 Å². The normalized spacial score (nSPS) is 28.7. The fraction of sp³-hybridized carbons (Fsp3) is 0.636. The molecule has 1 aliphatic carbocycles. The van der Waals surface area contributed by atoms with E-state index in [0.29, 0.717) is 5.92 Å². The van der Waals surface area contributed by atoms with Gasteiger partial charge in [-0.15, -0.1) is 0 Å². The molecule has 0 N–H and O–H groups in total. The Kier molecular flexibility index (Phi) is 5.01. The molecule has 2 fully saturated rings. The van der Waals surface area contributed by atoms with Crippen LogP contribution in [0.3, 0.4) is 0 Å². The zero-order valence-electron chi connectivity index (χ0n) is 15.8. The standard InChI is InChI=1S/C22H30N2O2/c1-16-7-6-13-23(15-16)21(25)18-9-3-4-10-19(18)22(26)24-14-12-17-8-2-5-11-20(17)24/h2,5,8,11,16,18-19H,3-4,6-7,9-10,12-15H2,1H3/t16-,18-,19+/m1/s1. The number of amides is 2. The van der Waals surface area contributed by atoms with Crippen molar-refractivity contribution in [2.75, 3.05) is 24.5 Å². The van der Waals surface area contributed by atoms with Crippen molar-refractivity contribution in [2.45, 2.75) is 51.9 Å². The molecule has 4 rings (SSSR count). The molecule has 1 aromatic carbocycles. The number of carbonyl (C=O) groups excluding carboxylic acids is 2. The van der Waals surface area contributed by atoms with Crippen LogP contribution in [0.4, 0.5) is 5.69 Å². The Hall–Kier alpha value is -1.84. The fourth-order valence-electron chi connectivity index (χ4n) is 5.11. The summed E-state index contributed by atoms with van der Waals surface area (Å²) < 4.78 is 0. The van der Waals surface area contributed by atoms with Crippen LogP contribution in [0.15, 0.2) is 24.3 Å². The van der Waals surface area contributed by atoms with Gasteiger partial charge in [0, 0.05) is 31.2 Å². The molecule has 2 aliphatic heterocycles. The minimum Gasteiger partial charge on any atom is -0.342 e. The van der Waals surface area contributed by atoms with Gasteiger partial charge in [0.05, 0.1) is 5.92 Å². The predicted octanol–water partition coefficient (Wildman–Crippen LogP) is 3.64. The molecule has 4 heteroatoms. The minimum atomic E-state index is -0.139. The molecule has 2 heterocycles. The van der Waals surface area contributed by atoms with E-state index in [-0.39, 0.29) is 23.7 Å². The van der Waals surface area contributed by atoms with Gasteiger partial charge in [-0.05, 0) is 49.7 Å². The van der Waals surface area contributed by atoms with Crippen molar-refractivity contribution in [2.24, 2.45) is 17.8 Å². The Morgan fingerprint density at radius 1 is 0.923 bits per heavy atom. The molecule has 1 saturated heterocycles. The van der Waals surface area contributed by atoms with Crippen molar-refractivity contribution in [3.8, 4) is 0 Å². The third kappa shape index (κ3) is 3.26. The van der Waals surface area contributed by atoms with Gasteiger partial charge in [0.15, 0.2) is 0 Å². The lowest BCUT2D eigenvalue weighted by molar-refractivity contribution is -0.144. The molecular formula is C22H30N2O2. The van der Waals surface area contributed by atoms with Crippen molar-refractivity contribution < 1.29 is 9.59 Å². The van der Waals surface area contributed by atoms with Crippen molar-refractivity contribution >= 4 is 17.5 Å². The number of anilines is 1. The van der Waals surface area contributed by atoms with Crippen LogP contribution in [0.5, 0.6) is 0 Å². The maximum absolute atomic E-state index is 13.4. The SMILES string of the molecule is C[C@@H]1CCCN(C(=O)[C@@H]2CCCC[C@@H]2C(=O)N2CCc3ccccc32)C1. The summed E-state index contributed by atoms with van der Waals surface area (Å²) in [5.74, 6) is 0.741. The highest BCUT2D eigenvalue weighted by Gasteiger charge is 2.41. The van der Waals surface area contributed by atoms with E-state index in [9.17, 15) is 9.59 Å². The molecular weight excluding hydrogens is 324 g/mol. The summed E-state index contributed by atoms with van der Waals surface area (Å²) >= 11 is 0. The summed E-state index contributed by atoms with van der Waals surface area (Å²) in [6.07, 6.45) is 7.09. The molecule has 0 radical (unpaired) electrons. The van der Waals surface area contributed by atoms with Crippen LogP contribution in [-0.2, 0) is 16.0 Å². The lowest BCUT2D eigenvalue weighted by atomic mass is 9.77. The lowest BCUT2D eigenvalue weighted by Gasteiger charge is -2.38. The number of carbonyl (C=O) groups is 2. The number of nitrogens with zero attached hydrogens (tertiary/aromatic N) is 2. The van der Waals surface area contributed by atoms with Gasteiger partial charge in [-0.25, -0.2) is 0 Å². The Labute approximate surface area is 156 Å². The molecule has 4 nitrogen and oxygen atoms in total. The van der Waals surface area contributed by atoms with Gasteiger partial charge in [-0.2, -0.15) is 0 Å². The van der Waals surface area contributed by atoms with Crippen molar-refractivity contribution in [1.82, 2.24) is 4.90 Å². The highest BCUT2D eigenvalue weighted by molar-refractivity contribution is 5.99. The summed E-state index contributed by atoms with van der Waals surface area (Å²) in [5, 5.41) is 0. The first kappa shape index (κ1) is 17.6. The second-order valence-corrected chi connectivity index (χ2v) is 8.40. The Bertz CT molecular complexity index is 686. The van der Waals surface area contributed by atoms with E-state index in [1.54, 1.807) is 0 Å². The van der Waals surface area contributed by atoms with Crippen molar-refractivity contribution in [1.29, 1.82) is 0 Å². The summed E-state index contributed by atoms with van der Waals surface area (Å²) in [6, 6.07) is 8.20. The van der Waals surface area contributed by atoms with Gasteiger partial charge < -0.3 is 9.80 Å². The van der Waals surface area contributed by atoms with E-state index in [2.05, 4.69) is 13.0 Å². The second-order valence-electron chi connectivity index (χ2n) is 8.40. The van der Waals surface area contributed by atoms with Crippen LogP contribution in [0, 0.1) is 17.8 Å². The summed E-state index contributed by atoms with van der Waals surface area (Å²) in [4.78, 5) is 30.6. The Balaban J connectivity index is 1.52. The van der Waals surface area contributed by atoms with Crippen molar-refractivity contribution in [3.05, 3.63) is 29.8 Å². The van der Waals surface area contributed by atoms with E-state index >= 15 is 0 Å². The molecule has 3 aliphatic rings. The molecule has 1 saturated carbocycles. The second kappa shape index (κ2) is 7.42. The molecule has 0 bridgehead atoms. The number of hydrogen-bond donors (Lipinski definition) is 0. The topological polar surface area (TPSA) is 40.6 Å². The average molecular weight is 354 g/mol. The van der Waals surface area contributed by atoms with Gasteiger partial charge in [0.2, 0.25) is 11.8 Å². The fourth-order valence-corrected chi connectivity index (χ4v) is 5.11. The van der Waals surface area contributed by atoms with Crippen LogP contribution < -0.4 is 4.90 Å². The maximum atomic E-state index is 13.4. The number of para-hydroxylation sites is 1. The molecule has 3 atom stereocenters. The molecule has 26 heavy (non-hydrogen) atoms.